The molecule has 18 heavy (non-hydrogen) atoms. The summed E-state index contributed by atoms with van der Waals surface area (Å²) in [5, 5.41) is 8.30. The molecule has 0 unspecified atom stereocenters. The predicted molar refractivity (Wildman–Crippen MR) is 78.9 cm³/mol. The molecule has 1 aromatic rings. The van der Waals surface area contributed by atoms with Gasteiger partial charge in [0.15, 0.2) is 0 Å². The molecule has 0 atom stereocenters. The van der Waals surface area contributed by atoms with Gasteiger partial charge in [-0.15, -0.1) is 11.3 Å². The number of amides is 1. The van der Waals surface area contributed by atoms with Crippen molar-refractivity contribution in [3.63, 3.8) is 0 Å². The van der Waals surface area contributed by atoms with Crippen LogP contribution in [-0.2, 0) is 11.2 Å². The molecular formula is C13H17BrN2OS. The number of hydrogen-bond donors (Lipinski definition) is 2. The third-order valence-electron chi connectivity index (χ3n) is 2.89. The van der Waals surface area contributed by atoms with Crippen molar-refractivity contribution >= 4 is 33.2 Å². The normalized spacial score (nSPS) is 15.3. The zero-order valence-corrected chi connectivity index (χ0v) is 12.6. The van der Waals surface area contributed by atoms with Gasteiger partial charge in [-0.05, 0) is 41.4 Å². The van der Waals surface area contributed by atoms with E-state index in [2.05, 4.69) is 38.7 Å². The van der Waals surface area contributed by atoms with Crippen LogP contribution in [0.15, 0.2) is 27.6 Å². The minimum absolute atomic E-state index is 0.138. The maximum atomic E-state index is 11.7. The van der Waals surface area contributed by atoms with Crippen molar-refractivity contribution in [2.24, 2.45) is 0 Å². The average molecular weight is 329 g/mol. The van der Waals surface area contributed by atoms with Crippen LogP contribution in [0.1, 0.15) is 17.7 Å². The van der Waals surface area contributed by atoms with Crippen LogP contribution >= 0.6 is 27.3 Å². The Bertz CT molecular complexity index is 442. The van der Waals surface area contributed by atoms with Crippen molar-refractivity contribution in [2.75, 3.05) is 19.6 Å². The highest BCUT2D eigenvalue weighted by Gasteiger charge is 2.06. The van der Waals surface area contributed by atoms with Crippen LogP contribution in [0, 0.1) is 0 Å². The quantitative estimate of drug-likeness (QED) is 0.815. The largest absolute Gasteiger partial charge is 0.352 e. The van der Waals surface area contributed by atoms with Crippen molar-refractivity contribution in [3.8, 4) is 0 Å². The molecule has 2 rings (SSSR count). The summed E-state index contributed by atoms with van der Waals surface area (Å²) in [6, 6.07) is 2.08. The lowest BCUT2D eigenvalue weighted by molar-refractivity contribution is -0.120. The zero-order chi connectivity index (χ0) is 12.8. The number of carbonyl (C=O) groups excluding carboxylic acids is 1. The molecule has 1 aliphatic heterocycles. The van der Waals surface area contributed by atoms with Crippen LogP contribution in [0.4, 0.5) is 0 Å². The van der Waals surface area contributed by atoms with Crippen molar-refractivity contribution in [3.05, 3.63) is 32.4 Å². The van der Waals surface area contributed by atoms with E-state index in [9.17, 15) is 4.79 Å². The first-order valence-electron chi connectivity index (χ1n) is 6.12. The molecule has 2 heterocycles. The van der Waals surface area contributed by atoms with Gasteiger partial charge in [-0.25, -0.2) is 0 Å². The van der Waals surface area contributed by atoms with E-state index in [1.807, 2.05) is 5.38 Å². The Kier molecular flexibility index (Phi) is 5.41. The minimum atomic E-state index is 0.138. The topological polar surface area (TPSA) is 41.1 Å². The predicted octanol–water partition coefficient (Wildman–Crippen LogP) is 2.48. The minimum Gasteiger partial charge on any atom is -0.352 e. The standard InChI is InChI=1S/C13H17BrN2OS/c14-11-7-12(18-9-11)1-2-13(17)16-8-10-3-5-15-6-4-10/h3,7,9,15H,1-2,4-6,8H2,(H,16,17). The van der Waals surface area contributed by atoms with Gasteiger partial charge in [-0.1, -0.05) is 11.6 Å². The first-order valence-corrected chi connectivity index (χ1v) is 7.79. The highest BCUT2D eigenvalue weighted by molar-refractivity contribution is 9.10. The molecule has 1 aromatic heterocycles. The summed E-state index contributed by atoms with van der Waals surface area (Å²) in [6.45, 7) is 2.65. The molecule has 5 heteroatoms. The summed E-state index contributed by atoms with van der Waals surface area (Å²) in [5.41, 5.74) is 1.33. The molecule has 98 valence electrons. The van der Waals surface area contributed by atoms with E-state index in [1.54, 1.807) is 11.3 Å². The van der Waals surface area contributed by atoms with E-state index in [-0.39, 0.29) is 5.91 Å². The number of rotatable bonds is 5. The smallest absolute Gasteiger partial charge is 0.220 e. The highest BCUT2D eigenvalue weighted by atomic mass is 79.9. The van der Waals surface area contributed by atoms with Crippen molar-refractivity contribution in [2.45, 2.75) is 19.3 Å². The fraction of sp³-hybridized carbons (Fsp3) is 0.462. The summed E-state index contributed by atoms with van der Waals surface area (Å²) in [5.74, 6) is 0.138. The second-order valence-electron chi connectivity index (χ2n) is 4.32. The number of aryl methyl sites for hydroxylation is 1. The van der Waals surface area contributed by atoms with Crippen molar-refractivity contribution < 1.29 is 4.79 Å². The third-order valence-corrected chi connectivity index (χ3v) is 4.65. The van der Waals surface area contributed by atoms with Gasteiger partial charge < -0.3 is 10.6 Å². The summed E-state index contributed by atoms with van der Waals surface area (Å²) >= 11 is 5.11. The van der Waals surface area contributed by atoms with Crippen molar-refractivity contribution in [1.82, 2.24) is 10.6 Å². The number of halogens is 1. The number of thiophene rings is 1. The summed E-state index contributed by atoms with van der Waals surface area (Å²) < 4.78 is 1.10. The van der Waals surface area contributed by atoms with Gasteiger partial charge in [0, 0.05) is 34.2 Å². The molecule has 0 saturated carbocycles. The molecule has 0 aliphatic carbocycles. The zero-order valence-electron chi connectivity index (χ0n) is 10.2. The molecule has 0 fully saturated rings. The first kappa shape index (κ1) is 13.8. The lowest BCUT2D eigenvalue weighted by Crippen LogP contribution is -2.29. The lowest BCUT2D eigenvalue weighted by atomic mass is 10.1. The third kappa shape index (κ3) is 4.55. The van der Waals surface area contributed by atoms with Crippen LogP contribution < -0.4 is 10.6 Å². The molecule has 0 radical (unpaired) electrons. The van der Waals surface area contributed by atoms with Crippen LogP contribution in [0.2, 0.25) is 0 Å². The molecule has 0 aromatic carbocycles. The Morgan fingerprint density at radius 2 is 2.44 bits per heavy atom. The van der Waals surface area contributed by atoms with Crippen molar-refractivity contribution in [1.29, 1.82) is 0 Å². The van der Waals surface area contributed by atoms with Crippen LogP contribution in [0.3, 0.4) is 0 Å². The van der Waals surface area contributed by atoms with Crippen LogP contribution in [0.5, 0.6) is 0 Å². The molecule has 0 bridgehead atoms. The molecule has 0 spiro atoms. The molecular weight excluding hydrogens is 312 g/mol. The Morgan fingerprint density at radius 1 is 1.56 bits per heavy atom. The van der Waals surface area contributed by atoms with E-state index < -0.39 is 0 Å². The molecule has 3 nitrogen and oxygen atoms in total. The number of hydrogen-bond acceptors (Lipinski definition) is 3. The van der Waals surface area contributed by atoms with Gasteiger partial charge in [0.2, 0.25) is 5.91 Å². The fourth-order valence-electron chi connectivity index (χ4n) is 1.85. The molecule has 1 amide bonds. The fourth-order valence-corrected chi connectivity index (χ4v) is 3.31. The lowest BCUT2D eigenvalue weighted by Gasteiger charge is -2.14. The van der Waals surface area contributed by atoms with Gasteiger partial charge in [-0.3, -0.25) is 4.79 Å². The van der Waals surface area contributed by atoms with E-state index in [0.29, 0.717) is 13.0 Å². The second-order valence-corrected chi connectivity index (χ2v) is 6.24. The van der Waals surface area contributed by atoms with Gasteiger partial charge in [0.05, 0.1) is 0 Å². The number of nitrogens with one attached hydrogen (secondary N) is 2. The Hall–Kier alpha value is -0.650. The second kappa shape index (κ2) is 7.07. The maximum absolute atomic E-state index is 11.7. The highest BCUT2D eigenvalue weighted by Crippen LogP contribution is 2.20. The first-order chi connectivity index (χ1) is 8.74. The van der Waals surface area contributed by atoms with Crippen LogP contribution in [0.25, 0.3) is 0 Å². The van der Waals surface area contributed by atoms with Crippen LogP contribution in [-0.4, -0.2) is 25.5 Å². The number of carbonyl (C=O) groups is 1. The molecule has 1 aliphatic rings. The van der Waals surface area contributed by atoms with E-state index >= 15 is 0 Å². The van der Waals surface area contributed by atoms with E-state index in [1.165, 1.54) is 10.5 Å². The SMILES string of the molecule is O=C(CCc1cc(Br)cs1)NCC1=CCNCC1. The maximum Gasteiger partial charge on any atom is 0.220 e. The molecule has 0 saturated heterocycles. The summed E-state index contributed by atoms with van der Waals surface area (Å²) in [7, 11) is 0. The van der Waals surface area contributed by atoms with Gasteiger partial charge >= 0.3 is 0 Å². The van der Waals surface area contributed by atoms with Gasteiger partial charge in [-0.2, -0.15) is 0 Å². The van der Waals surface area contributed by atoms with E-state index in [4.69, 9.17) is 0 Å². The Balaban J connectivity index is 1.67. The average Bonchev–Trinajstić information content (AvgIpc) is 2.81. The van der Waals surface area contributed by atoms with Gasteiger partial charge in [0.1, 0.15) is 0 Å². The molecule has 2 N–H and O–H groups in total. The Morgan fingerprint density at radius 3 is 3.11 bits per heavy atom. The van der Waals surface area contributed by atoms with E-state index in [0.717, 1.165) is 30.4 Å². The summed E-state index contributed by atoms with van der Waals surface area (Å²) in [6.07, 6.45) is 4.60. The van der Waals surface area contributed by atoms with Gasteiger partial charge in [0.25, 0.3) is 0 Å². The summed E-state index contributed by atoms with van der Waals surface area (Å²) in [4.78, 5) is 13.0. The Labute approximate surface area is 120 Å². The monoisotopic (exact) mass is 328 g/mol.